The number of anilines is 2. The first-order valence-corrected chi connectivity index (χ1v) is 6.83. The highest BCUT2D eigenvalue weighted by molar-refractivity contribution is 9.10. The number of halogens is 1. The van der Waals surface area contributed by atoms with E-state index in [1.54, 1.807) is 12.1 Å². The molecule has 0 fully saturated rings. The Kier molecular flexibility index (Phi) is 3.07. The Balaban J connectivity index is 2.36. The third-order valence-electron chi connectivity index (χ3n) is 2.02. The Labute approximate surface area is 106 Å². The third kappa shape index (κ3) is 2.59. The number of nitrogens with one attached hydrogen (secondary N) is 2. The SMILES string of the molecule is Nc1ccc(Br)c(NS(=O)(=O)c2cn[nH]c2)c1. The predicted molar refractivity (Wildman–Crippen MR) is 68.0 cm³/mol. The van der Waals surface area contributed by atoms with Gasteiger partial charge in [0.1, 0.15) is 4.90 Å². The van der Waals surface area contributed by atoms with Crippen LogP contribution in [0.15, 0.2) is 40.0 Å². The molecule has 0 spiro atoms. The number of aromatic amines is 1. The number of nitrogens with two attached hydrogens (primary N) is 1. The van der Waals surface area contributed by atoms with Crippen molar-refractivity contribution < 1.29 is 8.42 Å². The van der Waals surface area contributed by atoms with Crippen molar-refractivity contribution in [2.24, 2.45) is 0 Å². The Morgan fingerprint density at radius 1 is 1.41 bits per heavy atom. The first-order chi connectivity index (χ1) is 7.99. The van der Waals surface area contributed by atoms with Crippen LogP contribution in [0.25, 0.3) is 0 Å². The highest BCUT2D eigenvalue weighted by Gasteiger charge is 2.16. The van der Waals surface area contributed by atoms with Gasteiger partial charge in [-0.15, -0.1) is 0 Å². The van der Waals surface area contributed by atoms with E-state index in [2.05, 4.69) is 30.8 Å². The Morgan fingerprint density at radius 2 is 2.18 bits per heavy atom. The summed E-state index contributed by atoms with van der Waals surface area (Å²) in [6.45, 7) is 0. The van der Waals surface area contributed by atoms with Crippen molar-refractivity contribution in [2.45, 2.75) is 4.90 Å². The average molecular weight is 317 g/mol. The lowest BCUT2D eigenvalue weighted by Crippen LogP contribution is -2.12. The zero-order valence-corrected chi connectivity index (χ0v) is 10.9. The first kappa shape index (κ1) is 11.9. The first-order valence-electron chi connectivity index (χ1n) is 4.56. The summed E-state index contributed by atoms with van der Waals surface area (Å²) in [5.74, 6) is 0. The molecule has 0 aliphatic carbocycles. The number of hydrogen-bond acceptors (Lipinski definition) is 4. The molecule has 2 rings (SSSR count). The molecule has 0 amide bonds. The van der Waals surface area contributed by atoms with Gasteiger partial charge in [-0.2, -0.15) is 5.10 Å². The van der Waals surface area contributed by atoms with Crippen LogP contribution < -0.4 is 10.5 Å². The molecule has 0 unspecified atom stereocenters. The summed E-state index contributed by atoms with van der Waals surface area (Å²) in [5, 5.41) is 6.03. The number of H-pyrrole nitrogens is 1. The molecule has 0 aliphatic rings. The van der Waals surface area contributed by atoms with Crippen molar-refractivity contribution in [3.05, 3.63) is 35.1 Å². The van der Waals surface area contributed by atoms with Gasteiger partial charge >= 0.3 is 0 Å². The third-order valence-corrected chi connectivity index (χ3v) is 4.04. The number of rotatable bonds is 3. The zero-order chi connectivity index (χ0) is 12.5. The van der Waals surface area contributed by atoms with Crippen LogP contribution in [-0.4, -0.2) is 18.6 Å². The molecule has 8 heteroatoms. The van der Waals surface area contributed by atoms with E-state index in [0.29, 0.717) is 15.8 Å². The molecular weight excluding hydrogens is 308 g/mol. The van der Waals surface area contributed by atoms with Crippen molar-refractivity contribution in [3.63, 3.8) is 0 Å². The minimum absolute atomic E-state index is 0.0619. The van der Waals surface area contributed by atoms with E-state index < -0.39 is 10.0 Å². The average Bonchev–Trinajstić information content (AvgIpc) is 2.77. The maximum atomic E-state index is 11.9. The standard InChI is InChI=1S/C9H9BrN4O2S/c10-8-2-1-6(11)3-9(8)14-17(15,16)7-4-12-13-5-7/h1-5,14H,11H2,(H,12,13). The van der Waals surface area contributed by atoms with E-state index in [1.807, 2.05) is 0 Å². The number of sulfonamides is 1. The fourth-order valence-electron chi connectivity index (χ4n) is 1.21. The van der Waals surface area contributed by atoms with Gasteiger partial charge in [0.15, 0.2) is 0 Å². The van der Waals surface area contributed by atoms with Crippen LogP contribution in [0, 0.1) is 0 Å². The van der Waals surface area contributed by atoms with E-state index in [9.17, 15) is 8.42 Å². The van der Waals surface area contributed by atoms with Crippen LogP contribution in [-0.2, 0) is 10.0 Å². The number of benzene rings is 1. The molecule has 0 saturated heterocycles. The van der Waals surface area contributed by atoms with Gasteiger partial charge in [-0.3, -0.25) is 9.82 Å². The van der Waals surface area contributed by atoms with Gasteiger partial charge in [-0.25, -0.2) is 8.42 Å². The van der Waals surface area contributed by atoms with E-state index in [-0.39, 0.29) is 4.90 Å². The van der Waals surface area contributed by atoms with Crippen LogP contribution >= 0.6 is 15.9 Å². The van der Waals surface area contributed by atoms with Crippen LogP contribution in [0.5, 0.6) is 0 Å². The summed E-state index contributed by atoms with van der Waals surface area (Å²) in [4.78, 5) is 0.0619. The van der Waals surface area contributed by atoms with Crippen LogP contribution in [0.3, 0.4) is 0 Å². The van der Waals surface area contributed by atoms with Crippen LogP contribution in [0.4, 0.5) is 11.4 Å². The second kappa shape index (κ2) is 4.38. The molecule has 0 aliphatic heterocycles. The molecule has 6 nitrogen and oxygen atoms in total. The normalized spacial score (nSPS) is 11.4. The second-order valence-electron chi connectivity index (χ2n) is 3.28. The van der Waals surface area contributed by atoms with Gasteiger partial charge in [-0.05, 0) is 34.1 Å². The summed E-state index contributed by atoms with van der Waals surface area (Å²) in [6, 6.07) is 4.87. The minimum atomic E-state index is -3.64. The van der Waals surface area contributed by atoms with E-state index in [0.717, 1.165) is 0 Å². The Bertz CT molecular complexity index is 624. The molecule has 1 heterocycles. The zero-order valence-electron chi connectivity index (χ0n) is 8.51. The van der Waals surface area contributed by atoms with E-state index in [4.69, 9.17) is 5.73 Å². The van der Waals surface area contributed by atoms with Crippen molar-refractivity contribution in [1.82, 2.24) is 10.2 Å². The predicted octanol–water partition coefficient (Wildman–Crippen LogP) is 1.56. The van der Waals surface area contributed by atoms with Crippen molar-refractivity contribution in [2.75, 3.05) is 10.5 Å². The molecule has 1 aromatic heterocycles. The highest BCUT2D eigenvalue weighted by atomic mass is 79.9. The molecular formula is C9H9BrN4O2S. The van der Waals surface area contributed by atoms with Gasteiger partial charge in [0.25, 0.3) is 10.0 Å². The molecule has 0 bridgehead atoms. The van der Waals surface area contributed by atoms with Gasteiger partial charge in [0.2, 0.25) is 0 Å². The Hall–Kier alpha value is -1.54. The van der Waals surface area contributed by atoms with Crippen LogP contribution in [0.1, 0.15) is 0 Å². The second-order valence-corrected chi connectivity index (χ2v) is 5.82. The summed E-state index contributed by atoms with van der Waals surface area (Å²) < 4.78 is 26.8. The fourth-order valence-corrected chi connectivity index (χ4v) is 2.66. The Morgan fingerprint density at radius 3 is 2.82 bits per heavy atom. The van der Waals surface area contributed by atoms with Gasteiger partial charge in [0, 0.05) is 16.4 Å². The number of nitrogen functional groups attached to an aromatic ring is 1. The molecule has 0 atom stereocenters. The van der Waals surface area contributed by atoms with Gasteiger partial charge < -0.3 is 5.73 Å². The van der Waals surface area contributed by atoms with E-state index in [1.165, 1.54) is 18.5 Å². The lowest BCUT2D eigenvalue weighted by molar-refractivity contribution is 0.601. The maximum absolute atomic E-state index is 11.9. The molecule has 2 aromatic rings. The van der Waals surface area contributed by atoms with Gasteiger partial charge in [-0.1, -0.05) is 0 Å². The van der Waals surface area contributed by atoms with E-state index >= 15 is 0 Å². The molecule has 0 saturated carbocycles. The van der Waals surface area contributed by atoms with Crippen molar-refractivity contribution in [3.8, 4) is 0 Å². The topological polar surface area (TPSA) is 101 Å². The lowest BCUT2D eigenvalue weighted by Gasteiger charge is -2.08. The maximum Gasteiger partial charge on any atom is 0.265 e. The van der Waals surface area contributed by atoms with Crippen LogP contribution in [0.2, 0.25) is 0 Å². The molecule has 90 valence electrons. The van der Waals surface area contributed by atoms with Crippen molar-refractivity contribution >= 4 is 37.3 Å². The quantitative estimate of drug-likeness (QED) is 0.748. The summed E-state index contributed by atoms with van der Waals surface area (Å²) in [7, 11) is -3.64. The van der Waals surface area contributed by atoms with Crippen molar-refractivity contribution in [1.29, 1.82) is 0 Å². The minimum Gasteiger partial charge on any atom is -0.399 e. The number of aromatic nitrogens is 2. The lowest BCUT2D eigenvalue weighted by atomic mass is 10.3. The molecule has 17 heavy (non-hydrogen) atoms. The molecule has 4 N–H and O–H groups in total. The summed E-state index contributed by atoms with van der Waals surface area (Å²) in [6.07, 6.45) is 2.52. The monoisotopic (exact) mass is 316 g/mol. The molecule has 1 aromatic carbocycles. The van der Waals surface area contributed by atoms with Gasteiger partial charge in [0.05, 0.1) is 11.9 Å². The molecule has 0 radical (unpaired) electrons. The number of hydrogen-bond donors (Lipinski definition) is 3. The fraction of sp³-hybridized carbons (Fsp3) is 0. The number of nitrogens with zero attached hydrogens (tertiary/aromatic N) is 1. The summed E-state index contributed by atoms with van der Waals surface area (Å²) >= 11 is 3.24. The largest absolute Gasteiger partial charge is 0.399 e. The highest BCUT2D eigenvalue weighted by Crippen LogP contribution is 2.26. The summed E-state index contributed by atoms with van der Waals surface area (Å²) in [5.41, 5.74) is 6.44. The smallest absolute Gasteiger partial charge is 0.265 e.